The number of benzene rings is 2. The van der Waals surface area contributed by atoms with Crippen molar-refractivity contribution in [3.8, 4) is 11.4 Å². The Morgan fingerprint density at radius 1 is 1.19 bits per heavy atom. The lowest BCUT2D eigenvalue weighted by atomic mass is 10.0. The van der Waals surface area contributed by atoms with Crippen LogP contribution in [0.1, 0.15) is 30.9 Å². The van der Waals surface area contributed by atoms with E-state index in [1.165, 1.54) is 17.3 Å². The molecule has 0 aliphatic rings. The topological polar surface area (TPSA) is 70.7 Å². The summed E-state index contributed by atoms with van der Waals surface area (Å²) >= 11 is 1.31. The van der Waals surface area contributed by atoms with Crippen LogP contribution in [0.15, 0.2) is 53.7 Å². The molecule has 0 saturated heterocycles. The number of carbonyl (C=O) groups is 1. The molecule has 1 aromatic heterocycles. The summed E-state index contributed by atoms with van der Waals surface area (Å²) in [7, 11) is 0. The zero-order chi connectivity index (χ0) is 18.5. The molecule has 3 aromatic rings. The van der Waals surface area contributed by atoms with E-state index in [2.05, 4.69) is 34.3 Å². The van der Waals surface area contributed by atoms with Crippen molar-refractivity contribution in [3.63, 3.8) is 0 Å². The van der Waals surface area contributed by atoms with E-state index in [1.54, 1.807) is 0 Å². The molecule has 0 spiro atoms. The van der Waals surface area contributed by atoms with Crippen LogP contribution in [-0.2, 0) is 4.79 Å². The highest BCUT2D eigenvalue weighted by Crippen LogP contribution is 2.21. The summed E-state index contributed by atoms with van der Waals surface area (Å²) in [4.78, 5) is 16.6. The van der Waals surface area contributed by atoms with Crippen LogP contribution in [-0.4, -0.2) is 26.8 Å². The van der Waals surface area contributed by atoms with Gasteiger partial charge < -0.3 is 5.32 Å². The predicted octanol–water partition coefficient (Wildman–Crippen LogP) is 4.63. The number of aromatic amines is 1. The molecule has 2 aromatic carbocycles. The Kier molecular flexibility index (Phi) is 5.73. The Morgan fingerprint density at radius 2 is 1.96 bits per heavy atom. The largest absolute Gasteiger partial charge is 0.325 e. The van der Waals surface area contributed by atoms with Crippen LogP contribution in [0.2, 0.25) is 0 Å². The Labute approximate surface area is 157 Å². The molecular weight excluding hydrogens is 344 g/mol. The van der Waals surface area contributed by atoms with Crippen molar-refractivity contribution < 1.29 is 4.79 Å². The Morgan fingerprint density at radius 3 is 2.65 bits per heavy atom. The van der Waals surface area contributed by atoms with Crippen molar-refractivity contribution in [1.29, 1.82) is 0 Å². The summed E-state index contributed by atoms with van der Waals surface area (Å²) < 4.78 is 0. The SMILES string of the molecule is Cc1cccc(-c2nc(SCC(=O)Nc3ccc(C(C)C)cc3)n[nH]2)c1. The van der Waals surface area contributed by atoms with Crippen LogP contribution in [0, 0.1) is 6.92 Å². The summed E-state index contributed by atoms with van der Waals surface area (Å²) in [5.41, 5.74) is 4.20. The molecule has 0 radical (unpaired) electrons. The number of nitrogens with zero attached hydrogens (tertiary/aromatic N) is 2. The third kappa shape index (κ3) is 4.73. The molecule has 26 heavy (non-hydrogen) atoms. The molecule has 0 aliphatic carbocycles. The summed E-state index contributed by atoms with van der Waals surface area (Å²) in [5.74, 6) is 1.37. The quantitative estimate of drug-likeness (QED) is 0.624. The van der Waals surface area contributed by atoms with Gasteiger partial charge in [-0.1, -0.05) is 61.5 Å². The first-order valence-corrected chi connectivity index (χ1v) is 9.52. The predicted molar refractivity (Wildman–Crippen MR) is 106 cm³/mol. The monoisotopic (exact) mass is 366 g/mol. The number of anilines is 1. The van der Waals surface area contributed by atoms with E-state index in [4.69, 9.17) is 0 Å². The van der Waals surface area contributed by atoms with Crippen LogP contribution in [0.4, 0.5) is 5.69 Å². The van der Waals surface area contributed by atoms with E-state index in [0.717, 1.165) is 16.8 Å². The number of H-pyrrole nitrogens is 1. The summed E-state index contributed by atoms with van der Waals surface area (Å²) in [6, 6.07) is 16.0. The molecule has 0 unspecified atom stereocenters. The maximum atomic E-state index is 12.1. The normalized spacial score (nSPS) is 10.9. The average Bonchev–Trinajstić information content (AvgIpc) is 3.09. The van der Waals surface area contributed by atoms with Crippen LogP contribution in [0.25, 0.3) is 11.4 Å². The summed E-state index contributed by atoms with van der Waals surface area (Å²) in [6.45, 7) is 6.33. The highest BCUT2D eigenvalue weighted by Gasteiger charge is 2.09. The van der Waals surface area contributed by atoms with Gasteiger partial charge in [-0.05, 0) is 36.6 Å². The van der Waals surface area contributed by atoms with E-state index in [0.29, 0.717) is 16.9 Å². The Balaban J connectivity index is 1.55. The van der Waals surface area contributed by atoms with Crippen molar-refractivity contribution in [2.45, 2.75) is 31.8 Å². The van der Waals surface area contributed by atoms with Crippen LogP contribution in [0.3, 0.4) is 0 Å². The summed E-state index contributed by atoms with van der Waals surface area (Å²) in [5, 5.41) is 10.6. The van der Waals surface area contributed by atoms with Crippen molar-refractivity contribution in [3.05, 3.63) is 59.7 Å². The summed E-state index contributed by atoms with van der Waals surface area (Å²) in [6.07, 6.45) is 0. The minimum Gasteiger partial charge on any atom is -0.325 e. The number of hydrogen-bond acceptors (Lipinski definition) is 4. The molecule has 5 nitrogen and oxygen atoms in total. The molecular formula is C20H22N4OS. The molecule has 0 saturated carbocycles. The number of nitrogens with one attached hydrogen (secondary N) is 2. The van der Waals surface area contributed by atoms with Crippen LogP contribution < -0.4 is 5.32 Å². The van der Waals surface area contributed by atoms with Gasteiger partial charge in [-0.25, -0.2) is 4.98 Å². The smallest absolute Gasteiger partial charge is 0.234 e. The molecule has 0 bridgehead atoms. The Hall–Kier alpha value is -2.60. The number of carbonyl (C=O) groups excluding carboxylic acids is 1. The van der Waals surface area contributed by atoms with Gasteiger partial charge in [0, 0.05) is 11.3 Å². The van der Waals surface area contributed by atoms with E-state index in [1.807, 2.05) is 55.5 Å². The third-order valence-electron chi connectivity index (χ3n) is 3.95. The lowest BCUT2D eigenvalue weighted by molar-refractivity contribution is -0.113. The van der Waals surface area contributed by atoms with E-state index < -0.39 is 0 Å². The van der Waals surface area contributed by atoms with E-state index >= 15 is 0 Å². The zero-order valence-corrected chi connectivity index (χ0v) is 15.9. The standard InChI is InChI=1S/C20H22N4OS/c1-13(2)15-7-9-17(10-8-15)21-18(25)12-26-20-22-19(23-24-20)16-6-4-5-14(3)11-16/h4-11,13H,12H2,1-3H3,(H,21,25)(H,22,23,24). The van der Waals surface area contributed by atoms with Gasteiger partial charge >= 0.3 is 0 Å². The fourth-order valence-corrected chi connectivity index (χ4v) is 3.11. The lowest BCUT2D eigenvalue weighted by Crippen LogP contribution is -2.14. The van der Waals surface area contributed by atoms with Gasteiger partial charge in [-0.15, -0.1) is 5.10 Å². The van der Waals surface area contributed by atoms with Gasteiger partial charge in [0.1, 0.15) is 0 Å². The first-order valence-electron chi connectivity index (χ1n) is 8.53. The first-order chi connectivity index (χ1) is 12.5. The molecule has 1 amide bonds. The first kappa shape index (κ1) is 18.2. The second-order valence-corrected chi connectivity index (χ2v) is 7.39. The fourth-order valence-electron chi connectivity index (χ4n) is 2.51. The lowest BCUT2D eigenvalue weighted by Gasteiger charge is -2.08. The molecule has 0 atom stereocenters. The average molecular weight is 366 g/mol. The van der Waals surface area contributed by atoms with Crippen molar-refractivity contribution in [2.24, 2.45) is 0 Å². The maximum absolute atomic E-state index is 12.1. The minimum absolute atomic E-state index is 0.0748. The number of hydrogen-bond donors (Lipinski definition) is 2. The van der Waals surface area contributed by atoms with Gasteiger partial charge in [0.05, 0.1) is 5.75 Å². The van der Waals surface area contributed by atoms with E-state index in [-0.39, 0.29) is 11.7 Å². The molecule has 6 heteroatoms. The number of aryl methyl sites for hydroxylation is 1. The second kappa shape index (κ2) is 8.19. The van der Waals surface area contributed by atoms with Gasteiger partial charge in [-0.3, -0.25) is 9.89 Å². The third-order valence-corrected chi connectivity index (χ3v) is 4.80. The van der Waals surface area contributed by atoms with Gasteiger partial charge in [0.25, 0.3) is 0 Å². The molecule has 2 N–H and O–H groups in total. The highest BCUT2D eigenvalue weighted by molar-refractivity contribution is 7.99. The van der Waals surface area contributed by atoms with Crippen LogP contribution in [0.5, 0.6) is 0 Å². The molecule has 0 fully saturated rings. The fraction of sp³-hybridized carbons (Fsp3) is 0.250. The van der Waals surface area contributed by atoms with Gasteiger partial charge in [0.15, 0.2) is 5.82 Å². The maximum Gasteiger partial charge on any atom is 0.234 e. The number of thioether (sulfide) groups is 1. The van der Waals surface area contributed by atoms with Crippen molar-refractivity contribution in [2.75, 3.05) is 11.1 Å². The van der Waals surface area contributed by atoms with E-state index in [9.17, 15) is 4.79 Å². The molecule has 1 heterocycles. The molecule has 0 aliphatic heterocycles. The number of amides is 1. The van der Waals surface area contributed by atoms with Crippen LogP contribution >= 0.6 is 11.8 Å². The molecule has 3 rings (SSSR count). The molecule has 134 valence electrons. The second-order valence-electron chi connectivity index (χ2n) is 6.45. The van der Waals surface area contributed by atoms with Crippen molar-refractivity contribution >= 4 is 23.4 Å². The van der Waals surface area contributed by atoms with Gasteiger partial charge in [-0.2, -0.15) is 0 Å². The Bertz CT molecular complexity index is 887. The number of rotatable bonds is 6. The number of aromatic nitrogens is 3. The van der Waals surface area contributed by atoms with Crippen molar-refractivity contribution in [1.82, 2.24) is 15.2 Å². The highest BCUT2D eigenvalue weighted by atomic mass is 32.2. The minimum atomic E-state index is -0.0748. The van der Waals surface area contributed by atoms with Gasteiger partial charge in [0.2, 0.25) is 11.1 Å². The zero-order valence-electron chi connectivity index (χ0n) is 15.1.